The van der Waals surface area contributed by atoms with E-state index in [1.807, 2.05) is 19.1 Å². The zero-order valence-corrected chi connectivity index (χ0v) is 13.0. The van der Waals surface area contributed by atoms with E-state index in [1.165, 1.54) is 16.7 Å². The summed E-state index contributed by atoms with van der Waals surface area (Å²) in [5, 5.41) is 0. The largest absolute Gasteiger partial charge is 0.494 e. The molecule has 0 fully saturated rings. The Morgan fingerprint density at radius 2 is 1.76 bits per heavy atom. The van der Waals surface area contributed by atoms with Crippen molar-refractivity contribution in [3.8, 4) is 5.75 Å². The Hall–Kier alpha value is -1.84. The lowest BCUT2D eigenvalue weighted by Gasteiger charge is -2.20. The lowest BCUT2D eigenvalue weighted by Crippen LogP contribution is -2.30. The molecule has 0 saturated carbocycles. The Morgan fingerprint density at radius 1 is 1.10 bits per heavy atom. The summed E-state index contributed by atoms with van der Waals surface area (Å²) in [5.41, 5.74) is 8.03. The van der Waals surface area contributed by atoms with E-state index in [0.717, 1.165) is 17.7 Å². The van der Waals surface area contributed by atoms with Crippen LogP contribution in [0.2, 0.25) is 0 Å². The van der Waals surface area contributed by atoms with E-state index in [1.54, 1.807) is 0 Å². The van der Waals surface area contributed by atoms with Crippen LogP contribution in [-0.4, -0.2) is 6.61 Å². The van der Waals surface area contributed by atoms with Gasteiger partial charge in [0.25, 0.3) is 0 Å². The highest BCUT2D eigenvalue weighted by atomic mass is 16.5. The summed E-state index contributed by atoms with van der Waals surface area (Å²) in [7, 11) is 0. The van der Waals surface area contributed by atoms with Gasteiger partial charge in [0.1, 0.15) is 5.75 Å². The monoisotopic (exact) mass is 284 g/mol. The van der Waals surface area contributed by atoms with Gasteiger partial charge >= 0.3 is 0 Å². The van der Waals surface area contributed by atoms with Gasteiger partial charge in [0.05, 0.1) is 12.6 Å². The Balaban J connectivity index is 2.26. The fourth-order valence-electron chi connectivity index (χ4n) is 2.64. The van der Waals surface area contributed by atoms with E-state index >= 15 is 0 Å². The average Bonchev–Trinajstić information content (AvgIpc) is 2.48. The third kappa shape index (κ3) is 3.84. The van der Waals surface area contributed by atoms with Crippen LogP contribution in [0.15, 0.2) is 42.5 Å². The van der Waals surface area contributed by atoms with Crippen molar-refractivity contribution < 1.29 is 4.74 Å². The molecule has 0 heterocycles. The molecular weight excluding hydrogens is 260 g/mol. The molecule has 0 radical (unpaired) electrons. The highest BCUT2D eigenvalue weighted by molar-refractivity contribution is 5.37. The Kier molecular flexibility index (Phi) is 5.37. The number of nitrogens with one attached hydrogen (secondary N) is 1. The van der Waals surface area contributed by atoms with Crippen molar-refractivity contribution in [2.75, 3.05) is 6.61 Å². The minimum Gasteiger partial charge on any atom is -0.494 e. The Labute approximate surface area is 127 Å². The lowest BCUT2D eigenvalue weighted by molar-refractivity contribution is 0.339. The van der Waals surface area contributed by atoms with Gasteiger partial charge in [-0.05, 0) is 61.6 Å². The maximum Gasteiger partial charge on any atom is 0.119 e. The maximum atomic E-state index is 5.79. The predicted octanol–water partition coefficient (Wildman–Crippen LogP) is 3.45. The summed E-state index contributed by atoms with van der Waals surface area (Å²) in [5.74, 6) is 6.67. The number of benzene rings is 2. The highest BCUT2D eigenvalue weighted by Crippen LogP contribution is 2.25. The van der Waals surface area contributed by atoms with Crippen LogP contribution in [0.25, 0.3) is 0 Å². The Morgan fingerprint density at radius 3 is 2.38 bits per heavy atom. The van der Waals surface area contributed by atoms with Crippen molar-refractivity contribution in [2.24, 2.45) is 5.84 Å². The van der Waals surface area contributed by atoms with E-state index in [-0.39, 0.29) is 6.04 Å². The molecule has 0 spiro atoms. The molecule has 21 heavy (non-hydrogen) atoms. The van der Waals surface area contributed by atoms with Crippen molar-refractivity contribution in [2.45, 2.75) is 33.2 Å². The van der Waals surface area contributed by atoms with Gasteiger partial charge in [-0.2, -0.15) is 0 Å². The molecule has 0 aliphatic heterocycles. The normalized spacial score (nSPS) is 12.2. The summed E-state index contributed by atoms with van der Waals surface area (Å²) in [4.78, 5) is 0. The summed E-state index contributed by atoms with van der Waals surface area (Å²) in [6.07, 6.45) is 0.866. The van der Waals surface area contributed by atoms with Crippen LogP contribution in [0.3, 0.4) is 0 Å². The minimum atomic E-state index is 0.0743. The fraction of sp³-hybridized carbons (Fsp3) is 0.333. The second-order valence-corrected chi connectivity index (χ2v) is 5.30. The second kappa shape index (κ2) is 7.25. The highest BCUT2D eigenvalue weighted by Gasteiger charge is 2.14. The molecule has 0 bridgehead atoms. The van der Waals surface area contributed by atoms with Gasteiger partial charge in [-0.3, -0.25) is 11.3 Å². The first-order valence-electron chi connectivity index (χ1n) is 7.39. The predicted molar refractivity (Wildman–Crippen MR) is 87.3 cm³/mol. The van der Waals surface area contributed by atoms with E-state index in [0.29, 0.717) is 6.61 Å². The molecule has 0 aromatic heterocycles. The van der Waals surface area contributed by atoms with Gasteiger partial charge in [0, 0.05) is 0 Å². The number of nitrogens with two attached hydrogens (primary N) is 1. The molecule has 3 heteroatoms. The van der Waals surface area contributed by atoms with Gasteiger partial charge < -0.3 is 4.74 Å². The number of rotatable bonds is 6. The van der Waals surface area contributed by atoms with Crippen LogP contribution >= 0.6 is 0 Å². The van der Waals surface area contributed by atoms with E-state index in [2.05, 4.69) is 49.6 Å². The van der Waals surface area contributed by atoms with E-state index in [4.69, 9.17) is 10.6 Å². The standard InChI is InChI=1S/C18H24N2O/c1-4-21-16-10-6-9-15(11-16)18(20-19)12-17-13(2)7-5-8-14(17)3/h5-11,18,20H,4,12,19H2,1-3H3. The van der Waals surface area contributed by atoms with Crippen molar-refractivity contribution in [1.29, 1.82) is 0 Å². The molecule has 0 amide bonds. The molecule has 2 aromatic rings. The molecule has 1 atom stereocenters. The first kappa shape index (κ1) is 15.5. The summed E-state index contributed by atoms with van der Waals surface area (Å²) >= 11 is 0. The minimum absolute atomic E-state index is 0.0743. The van der Waals surface area contributed by atoms with Crippen LogP contribution in [0.5, 0.6) is 5.75 Å². The number of ether oxygens (including phenoxy) is 1. The van der Waals surface area contributed by atoms with E-state index in [9.17, 15) is 0 Å². The molecule has 0 aliphatic rings. The molecule has 0 aliphatic carbocycles. The van der Waals surface area contributed by atoms with Gasteiger partial charge in [-0.1, -0.05) is 30.3 Å². The molecule has 3 nitrogen and oxygen atoms in total. The lowest BCUT2D eigenvalue weighted by atomic mass is 9.93. The quantitative estimate of drug-likeness (QED) is 0.631. The zero-order valence-electron chi connectivity index (χ0n) is 13.0. The van der Waals surface area contributed by atoms with Crippen molar-refractivity contribution in [3.63, 3.8) is 0 Å². The van der Waals surface area contributed by atoms with Crippen molar-refractivity contribution in [3.05, 3.63) is 64.7 Å². The molecule has 2 rings (SSSR count). The molecule has 1 unspecified atom stereocenters. The van der Waals surface area contributed by atoms with Crippen molar-refractivity contribution in [1.82, 2.24) is 5.43 Å². The van der Waals surface area contributed by atoms with Gasteiger partial charge in [-0.25, -0.2) is 0 Å². The molecule has 112 valence electrons. The molecule has 0 saturated heterocycles. The zero-order chi connectivity index (χ0) is 15.2. The second-order valence-electron chi connectivity index (χ2n) is 5.30. The molecule has 3 N–H and O–H groups in total. The van der Waals surface area contributed by atoms with Crippen LogP contribution < -0.4 is 16.0 Å². The Bertz CT molecular complexity index is 575. The van der Waals surface area contributed by atoms with Crippen LogP contribution in [-0.2, 0) is 6.42 Å². The first-order valence-corrected chi connectivity index (χ1v) is 7.39. The molecule has 2 aromatic carbocycles. The smallest absolute Gasteiger partial charge is 0.119 e. The molecular formula is C18H24N2O. The van der Waals surface area contributed by atoms with E-state index < -0.39 is 0 Å². The SMILES string of the molecule is CCOc1cccc(C(Cc2c(C)cccc2C)NN)c1. The average molecular weight is 284 g/mol. The van der Waals surface area contributed by atoms with Crippen LogP contribution in [0, 0.1) is 13.8 Å². The van der Waals surface area contributed by atoms with Crippen LogP contribution in [0.1, 0.15) is 35.2 Å². The van der Waals surface area contributed by atoms with Gasteiger partial charge in [-0.15, -0.1) is 0 Å². The van der Waals surface area contributed by atoms with Crippen molar-refractivity contribution >= 4 is 0 Å². The van der Waals surface area contributed by atoms with Gasteiger partial charge in [0.2, 0.25) is 0 Å². The fourth-order valence-corrected chi connectivity index (χ4v) is 2.64. The third-order valence-corrected chi connectivity index (χ3v) is 3.83. The summed E-state index contributed by atoms with van der Waals surface area (Å²) in [6.45, 7) is 6.95. The first-order chi connectivity index (χ1) is 10.2. The maximum absolute atomic E-state index is 5.79. The summed E-state index contributed by atoms with van der Waals surface area (Å²) in [6, 6.07) is 14.6. The number of hydrazine groups is 1. The number of hydrogen-bond donors (Lipinski definition) is 2. The van der Waals surface area contributed by atoms with Gasteiger partial charge in [0.15, 0.2) is 0 Å². The summed E-state index contributed by atoms with van der Waals surface area (Å²) < 4.78 is 5.57. The third-order valence-electron chi connectivity index (χ3n) is 3.83. The van der Waals surface area contributed by atoms with Crippen LogP contribution in [0.4, 0.5) is 0 Å². The topological polar surface area (TPSA) is 47.3 Å². The number of hydrogen-bond acceptors (Lipinski definition) is 3. The number of aryl methyl sites for hydroxylation is 2.